The number of benzene rings is 1. The van der Waals surface area contributed by atoms with E-state index in [9.17, 15) is 4.39 Å². The van der Waals surface area contributed by atoms with Crippen LogP contribution in [0.25, 0.3) is 6.08 Å². The van der Waals surface area contributed by atoms with Crippen molar-refractivity contribution in [2.45, 2.75) is 6.92 Å². The number of hydrogen-bond acceptors (Lipinski definition) is 2. The Morgan fingerprint density at radius 1 is 1.50 bits per heavy atom. The zero-order chi connectivity index (χ0) is 10.6. The molecular weight excluding hydrogens is 181 g/mol. The Bertz CT molecular complexity index is 347. The minimum absolute atomic E-state index is 0.256. The summed E-state index contributed by atoms with van der Waals surface area (Å²) in [6, 6.07) is 3.12. The molecule has 0 unspecified atom stereocenters. The van der Waals surface area contributed by atoms with Crippen molar-refractivity contribution < 1.29 is 9.13 Å². The number of rotatable bonds is 3. The number of aryl methyl sites for hydroxylation is 1. The lowest BCUT2D eigenvalue weighted by Gasteiger charge is -2.06. The molecule has 0 saturated carbocycles. The number of ether oxygens (including phenoxy) is 1. The van der Waals surface area contributed by atoms with E-state index in [0.717, 1.165) is 5.56 Å². The number of methoxy groups -OCH3 is 1. The van der Waals surface area contributed by atoms with Crippen LogP contribution in [0.1, 0.15) is 11.1 Å². The van der Waals surface area contributed by atoms with E-state index >= 15 is 0 Å². The summed E-state index contributed by atoms with van der Waals surface area (Å²) in [5.74, 6) is 0.427. The van der Waals surface area contributed by atoms with Crippen LogP contribution in [-0.4, -0.2) is 13.7 Å². The molecule has 1 rings (SSSR count). The van der Waals surface area contributed by atoms with E-state index in [4.69, 9.17) is 10.5 Å². The topological polar surface area (TPSA) is 35.2 Å². The summed E-state index contributed by atoms with van der Waals surface area (Å²) in [5.41, 5.74) is 6.57. The summed E-state index contributed by atoms with van der Waals surface area (Å²) in [5, 5.41) is 0. The predicted octanol–water partition coefficient (Wildman–Crippen LogP) is 2.11. The van der Waals surface area contributed by atoms with Crippen LogP contribution in [0.5, 0.6) is 5.75 Å². The molecule has 1 aromatic carbocycles. The minimum Gasteiger partial charge on any atom is -0.496 e. The molecule has 0 spiro atoms. The Morgan fingerprint density at radius 3 is 2.79 bits per heavy atom. The first-order valence-corrected chi connectivity index (χ1v) is 4.39. The molecule has 0 aromatic heterocycles. The average Bonchev–Trinajstić information content (AvgIpc) is 2.17. The van der Waals surface area contributed by atoms with Crippen molar-refractivity contribution >= 4 is 6.08 Å². The molecule has 0 heterocycles. The standard InChI is InChI=1S/C11H14FNO/c1-8-6-10(12)9(4-3-5-13)7-11(8)14-2/h3-4,6-7H,5,13H2,1-2H3/b4-3+. The lowest BCUT2D eigenvalue weighted by molar-refractivity contribution is 0.410. The zero-order valence-corrected chi connectivity index (χ0v) is 8.38. The van der Waals surface area contributed by atoms with Crippen molar-refractivity contribution in [1.29, 1.82) is 0 Å². The summed E-state index contributed by atoms with van der Waals surface area (Å²) in [6.45, 7) is 2.20. The van der Waals surface area contributed by atoms with Crippen LogP contribution in [0.3, 0.4) is 0 Å². The molecule has 0 fully saturated rings. The van der Waals surface area contributed by atoms with Crippen LogP contribution in [0, 0.1) is 12.7 Å². The third kappa shape index (κ3) is 2.33. The van der Waals surface area contributed by atoms with E-state index in [1.54, 1.807) is 32.3 Å². The van der Waals surface area contributed by atoms with Crippen LogP contribution in [0.15, 0.2) is 18.2 Å². The highest BCUT2D eigenvalue weighted by Gasteiger charge is 2.04. The van der Waals surface area contributed by atoms with Crippen molar-refractivity contribution in [2.24, 2.45) is 5.73 Å². The molecule has 76 valence electrons. The maximum Gasteiger partial charge on any atom is 0.130 e. The Morgan fingerprint density at radius 2 is 2.21 bits per heavy atom. The van der Waals surface area contributed by atoms with E-state index in [1.807, 2.05) is 0 Å². The Kier molecular flexibility index (Phi) is 3.65. The van der Waals surface area contributed by atoms with E-state index in [-0.39, 0.29) is 5.82 Å². The number of halogens is 1. The fourth-order valence-corrected chi connectivity index (χ4v) is 1.21. The zero-order valence-electron chi connectivity index (χ0n) is 8.38. The smallest absolute Gasteiger partial charge is 0.130 e. The van der Waals surface area contributed by atoms with Gasteiger partial charge in [0.1, 0.15) is 11.6 Å². The Hall–Kier alpha value is -1.35. The van der Waals surface area contributed by atoms with Gasteiger partial charge in [0.25, 0.3) is 0 Å². The lowest BCUT2D eigenvalue weighted by Crippen LogP contribution is -1.94. The highest BCUT2D eigenvalue weighted by molar-refractivity contribution is 5.54. The van der Waals surface area contributed by atoms with Crippen molar-refractivity contribution in [1.82, 2.24) is 0 Å². The van der Waals surface area contributed by atoms with Gasteiger partial charge in [0.15, 0.2) is 0 Å². The SMILES string of the molecule is COc1cc(/C=C/CN)c(F)cc1C. The molecule has 0 bridgehead atoms. The van der Waals surface area contributed by atoms with Crippen LogP contribution in [-0.2, 0) is 0 Å². The maximum absolute atomic E-state index is 13.3. The number of hydrogen-bond donors (Lipinski definition) is 1. The molecule has 3 heteroatoms. The monoisotopic (exact) mass is 195 g/mol. The van der Waals surface area contributed by atoms with Crippen molar-refractivity contribution in [3.05, 3.63) is 35.2 Å². The third-order valence-electron chi connectivity index (χ3n) is 1.95. The van der Waals surface area contributed by atoms with Gasteiger partial charge >= 0.3 is 0 Å². The maximum atomic E-state index is 13.3. The normalized spacial score (nSPS) is 10.9. The molecule has 0 aliphatic rings. The first-order chi connectivity index (χ1) is 6.69. The van der Waals surface area contributed by atoms with E-state index in [1.165, 1.54) is 6.07 Å². The van der Waals surface area contributed by atoms with Crippen molar-refractivity contribution in [3.8, 4) is 5.75 Å². The van der Waals surface area contributed by atoms with Gasteiger partial charge < -0.3 is 10.5 Å². The summed E-state index contributed by atoms with van der Waals surface area (Å²) in [6.07, 6.45) is 3.35. The molecule has 2 nitrogen and oxygen atoms in total. The van der Waals surface area contributed by atoms with Gasteiger partial charge in [-0.15, -0.1) is 0 Å². The van der Waals surface area contributed by atoms with Gasteiger partial charge in [0.2, 0.25) is 0 Å². The fourth-order valence-electron chi connectivity index (χ4n) is 1.21. The van der Waals surface area contributed by atoms with Gasteiger partial charge in [0.05, 0.1) is 7.11 Å². The largest absolute Gasteiger partial charge is 0.496 e. The van der Waals surface area contributed by atoms with Crippen LogP contribution in [0.2, 0.25) is 0 Å². The van der Waals surface area contributed by atoms with Crippen LogP contribution in [0.4, 0.5) is 4.39 Å². The van der Waals surface area contributed by atoms with Gasteiger partial charge in [-0.05, 0) is 24.6 Å². The van der Waals surface area contributed by atoms with Crippen LogP contribution >= 0.6 is 0 Å². The first kappa shape index (κ1) is 10.7. The van der Waals surface area contributed by atoms with E-state index in [0.29, 0.717) is 17.9 Å². The van der Waals surface area contributed by atoms with Gasteiger partial charge in [0, 0.05) is 12.1 Å². The molecule has 1 aromatic rings. The Labute approximate surface area is 83.2 Å². The predicted molar refractivity (Wildman–Crippen MR) is 55.8 cm³/mol. The van der Waals surface area contributed by atoms with E-state index < -0.39 is 0 Å². The summed E-state index contributed by atoms with van der Waals surface area (Å²) >= 11 is 0. The second-order valence-electron chi connectivity index (χ2n) is 2.98. The molecule has 0 atom stereocenters. The van der Waals surface area contributed by atoms with Gasteiger partial charge in [-0.25, -0.2) is 4.39 Å². The number of nitrogens with two attached hydrogens (primary N) is 1. The first-order valence-electron chi connectivity index (χ1n) is 4.39. The molecule has 0 aliphatic carbocycles. The molecule has 0 amide bonds. The van der Waals surface area contributed by atoms with Gasteiger partial charge in [-0.3, -0.25) is 0 Å². The third-order valence-corrected chi connectivity index (χ3v) is 1.95. The van der Waals surface area contributed by atoms with Crippen LogP contribution < -0.4 is 10.5 Å². The molecule has 0 aliphatic heterocycles. The fraction of sp³-hybridized carbons (Fsp3) is 0.273. The molecule has 0 saturated heterocycles. The highest BCUT2D eigenvalue weighted by atomic mass is 19.1. The molecule has 0 radical (unpaired) electrons. The van der Waals surface area contributed by atoms with Crippen molar-refractivity contribution in [2.75, 3.05) is 13.7 Å². The summed E-state index contributed by atoms with van der Waals surface area (Å²) in [7, 11) is 1.57. The molecule has 2 N–H and O–H groups in total. The highest BCUT2D eigenvalue weighted by Crippen LogP contribution is 2.22. The summed E-state index contributed by atoms with van der Waals surface area (Å²) in [4.78, 5) is 0. The van der Waals surface area contributed by atoms with Gasteiger partial charge in [-0.1, -0.05) is 12.2 Å². The lowest BCUT2D eigenvalue weighted by atomic mass is 10.1. The van der Waals surface area contributed by atoms with Gasteiger partial charge in [-0.2, -0.15) is 0 Å². The second-order valence-corrected chi connectivity index (χ2v) is 2.98. The quantitative estimate of drug-likeness (QED) is 0.801. The van der Waals surface area contributed by atoms with E-state index in [2.05, 4.69) is 0 Å². The minimum atomic E-state index is -0.256. The summed E-state index contributed by atoms with van der Waals surface area (Å²) < 4.78 is 18.4. The molecule has 14 heavy (non-hydrogen) atoms. The Balaban J connectivity index is 3.10. The second kappa shape index (κ2) is 4.77. The average molecular weight is 195 g/mol. The molecular formula is C11H14FNO. The van der Waals surface area contributed by atoms with Crippen molar-refractivity contribution in [3.63, 3.8) is 0 Å².